The maximum atomic E-state index is 13.3. The maximum Gasteiger partial charge on any atom is 0.444 e. The molecule has 0 fully saturated rings. The van der Waals surface area contributed by atoms with E-state index in [9.17, 15) is 31.1 Å². The van der Waals surface area contributed by atoms with Gasteiger partial charge in [-0.05, 0) is 12.1 Å². The summed E-state index contributed by atoms with van der Waals surface area (Å²) >= 11 is 4.68. The van der Waals surface area contributed by atoms with Gasteiger partial charge < -0.3 is 10.1 Å². The van der Waals surface area contributed by atoms with Gasteiger partial charge in [0.25, 0.3) is 11.5 Å². The Kier molecular flexibility index (Phi) is 5.40. The highest BCUT2D eigenvalue weighted by atomic mass is 35.5. The van der Waals surface area contributed by atoms with Crippen molar-refractivity contribution in [3.05, 3.63) is 41.7 Å². The van der Waals surface area contributed by atoms with E-state index in [1.807, 2.05) is 5.32 Å². The van der Waals surface area contributed by atoms with E-state index in [1.165, 1.54) is 19.2 Å². The van der Waals surface area contributed by atoms with E-state index in [4.69, 9.17) is 0 Å². The minimum atomic E-state index is -4.91. The molecule has 0 radical (unpaired) electrons. The summed E-state index contributed by atoms with van der Waals surface area (Å²) in [4.78, 5) is 12.1. The van der Waals surface area contributed by atoms with Gasteiger partial charge in [-0.2, -0.15) is 27.1 Å². The number of alkyl halides is 7. The number of carbonyl (C=O) groups is 1. The fraction of sp³-hybridized carbons (Fsp3) is 0.286. The predicted octanol–water partition coefficient (Wildman–Crippen LogP) is 4.20. The molecule has 0 aliphatic rings. The van der Waals surface area contributed by atoms with Crippen LogP contribution in [0.25, 0.3) is 0 Å². The molecule has 5 nitrogen and oxygen atoms in total. The molecule has 26 heavy (non-hydrogen) atoms. The third kappa shape index (κ3) is 4.40. The van der Waals surface area contributed by atoms with Gasteiger partial charge in [-0.25, -0.2) is 4.39 Å². The number of aromatic nitrogens is 2. The van der Waals surface area contributed by atoms with Crippen LogP contribution in [0.1, 0.15) is 16.1 Å². The monoisotopic (exact) mass is 401 g/mol. The zero-order valence-electron chi connectivity index (χ0n) is 12.8. The van der Waals surface area contributed by atoms with E-state index in [0.717, 1.165) is 23.0 Å². The smallest absolute Gasteiger partial charge is 0.427 e. The zero-order chi connectivity index (χ0) is 19.7. The Balaban J connectivity index is 2.32. The molecule has 0 saturated heterocycles. The normalized spacial score (nSPS) is 13.4. The van der Waals surface area contributed by atoms with Gasteiger partial charge in [-0.3, -0.25) is 9.48 Å². The van der Waals surface area contributed by atoms with Gasteiger partial charge in [0.2, 0.25) is 0 Å². The summed E-state index contributed by atoms with van der Waals surface area (Å²) in [6.45, 7) is 0. The Labute approximate surface area is 147 Å². The number of benzene rings is 1. The fourth-order valence-corrected chi connectivity index (χ4v) is 1.95. The van der Waals surface area contributed by atoms with Crippen molar-refractivity contribution >= 4 is 23.2 Å². The maximum absolute atomic E-state index is 13.3. The average Bonchev–Trinajstić information content (AvgIpc) is 2.91. The number of nitrogens with zero attached hydrogens (tertiary/aromatic N) is 2. The summed E-state index contributed by atoms with van der Waals surface area (Å²) in [6, 6.07) is 4.56. The van der Waals surface area contributed by atoms with Crippen molar-refractivity contribution < 1.29 is 35.9 Å². The van der Waals surface area contributed by atoms with Crippen LogP contribution in [0.4, 0.5) is 32.0 Å². The molecule has 1 amide bonds. The molecule has 142 valence electrons. The van der Waals surface area contributed by atoms with Crippen molar-refractivity contribution in [3.8, 4) is 5.75 Å². The SMILES string of the molecule is Cn1cc(C(=O)Nc2ccccc2OC(F)(F)C(F)Cl)c(C(F)(F)F)n1. The molecule has 0 aliphatic heterocycles. The highest BCUT2D eigenvalue weighted by Gasteiger charge is 2.43. The molecular formula is C14H10ClF6N3O2. The lowest BCUT2D eigenvalue weighted by molar-refractivity contribution is -0.198. The lowest BCUT2D eigenvalue weighted by Gasteiger charge is -2.20. The van der Waals surface area contributed by atoms with Crippen molar-refractivity contribution in [1.29, 1.82) is 0 Å². The molecule has 1 aromatic heterocycles. The summed E-state index contributed by atoms with van der Waals surface area (Å²) in [6.07, 6.45) is -8.52. The standard InChI is InChI=1S/C14H10ClF6N3O2/c1-24-6-7(10(23-24)13(17,18)19)11(25)22-8-4-2-3-5-9(8)26-14(20,21)12(15)16/h2-6,12H,1H3,(H,22,25). The van der Waals surface area contributed by atoms with Gasteiger partial charge in [0.15, 0.2) is 5.69 Å². The molecule has 1 unspecified atom stereocenters. The van der Waals surface area contributed by atoms with Crippen LogP contribution in [-0.2, 0) is 13.2 Å². The van der Waals surface area contributed by atoms with E-state index in [1.54, 1.807) is 0 Å². The van der Waals surface area contributed by atoms with Gasteiger partial charge >= 0.3 is 12.3 Å². The van der Waals surface area contributed by atoms with Crippen molar-refractivity contribution in [2.45, 2.75) is 17.9 Å². The lowest BCUT2D eigenvalue weighted by Crippen LogP contribution is -2.33. The third-order valence-electron chi connectivity index (χ3n) is 2.98. The second-order valence-corrected chi connectivity index (χ2v) is 5.36. The Morgan fingerprint density at radius 3 is 2.46 bits per heavy atom. The number of aryl methyl sites for hydroxylation is 1. The predicted molar refractivity (Wildman–Crippen MR) is 78.9 cm³/mol. The van der Waals surface area contributed by atoms with E-state index in [-0.39, 0.29) is 0 Å². The lowest BCUT2D eigenvalue weighted by atomic mass is 10.2. The van der Waals surface area contributed by atoms with Crippen molar-refractivity contribution in [1.82, 2.24) is 9.78 Å². The second kappa shape index (κ2) is 7.06. The fourth-order valence-electron chi connectivity index (χ4n) is 1.90. The topological polar surface area (TPSA) is 56.2 Å². The number of ether oxygens (including phenoxy) is 1. The summed E-state index contributed by atoms with van der Waals surface area (Å²) < 4.78 is 82.9. The second-order valence-electron chi connectivity index (χ2n) is 4.98. The van der Waals surface area contributed by atoms with Gasteiger partial charge in [0.1, 0.15) is 5.75 Å². The first-order chi connectivity index (χ1) is 11.9. The molecule has 2 rings (SSSR count). The van der Waals surface area contributed by atoms with Crippen LogP contribution in [-0.4, -0.2) is 27.4 Å². The number of amides is 1. The first kappa shape index (κ1) is 19.9. The van der Waals surface area contributed by atoms with E-state index < -0.39 is 46.5 Å². The van der Waals surface area contributed by atoms with Crippen LogP contribution in [0.2, 0.25) is 0 Å². The van der Waals surface area contributed by atoms with E-state index in [2.05, 4.69) is 21.4 Å². The Bertz CT molecular complexity index is 806. The molecule has 12 heteroatoms. The molecule has 0 aliphatic carbocycles. The number of anilines is 1. The van der Waals surface area contributed by atoms with Crippen LogP contribution in [0.3, 0.4) is 0 Å². The largest absolute Gasteiger partial charge is 0.444 e. The minimum absolute atomic E-state index is 0.411. The molecule has 1 atom stereocenters. The number of hydrogen-bond acceptors (Lipinski definition) is 3. The van der Waals surface area contributed by atoms with Gasteiger partial charge in [0, 0.05) is 13.2 Å². The molecule has 1 heterocycles. The summed E-state index contributed by atoms with van der Waals surface area (Å²) in [7, 11) is 1.17. The Morgan fingerprint density at radius 1 is 1.27 bits per heavy atom. The van der Waals surface area contributed by atoms with Crippen LogP contribution < -0.4 is 10.1 Å². The number of halogens is 7. The molecule has 0 spiro atoms. The van der Waals surface area contributed by atoms with E-state index in [0.29, 0.717) is 0 Å². The number of carbonyl (C=O) groups excluding carboxylic acids is 1. The van der Waals surface area contributed by atoms with Crippen molar-refractivity contribution in [2.75, 3.05) is 5.32 Å². The van der Waals surface area contributed by atoms with Crippen molar-refractivity contribution in [2.24, 2.45) is 7.05 Å². The zero-order valence-corrected chi connectivity index (χ0v) is 13.6. The minimum Gasteiger partial charge on any atom is -0.427 e. The highest BCUT2D eigenvalue weighted by Crippen LogP contribution is 2.34. The molecular weight excluding hydrogens is 392 g/mol. The Hall–Kier alpha value is -2.43. The molecule has 2 aromatic rings. The molecule has 0 bridgehead atoms. The number of nitrogens with one attached hydrogen (secondary N) is 1. The summed E-state index contributed by atoms with van der Waals surface area (Å²) in [5, 5.41) is 5.16. The van der Waals surface area contributed by atoms with Crippen LogP contribution in [0.15, 0.2) is 30.5 Å². The number of hydrogen-bond donors (Lipinski definition) is 1. The van der Waals surface area contributed by atoms with Crippen LogP contribution in [0.5, 0.6) is 5.75 Å². The quantitative estimate of drug-likeness (QED) is 0.603. The number of rotatable bonds is 5. The molecule has 1 N–H and O–H groups in total. The van der Waals surface area contributed by atoms with Gasteiger partial charge in [-0.1, -0.05) is 23.7 Å². The summed E-state index contributed by atoms with van der Waals surface area (Å²) in [5.41, 5.74) is -5.87. The molecule has 1 aromatic carbocycles. The van der Waals surface area contributed by atoms with Gasteiger partial charge in [-0.15, -0.1) is 0 Å². The van der Waals surface area contributed by atoms with Gasteiger partial charge in [0.05, 0.1) is 11.3 Å². The Morgan fingerprint density at radius 2 is 1.88 bits per heavy atom. The van der Waals surface area contributed by atoms with Crippen LogP contribution in [0, 0.1) is 0 Å². The van der Waals surface area contributed by atoms with Crippen LogP contribution >= 0.6 is 11.6 Å². The highest BCUT2D eigenvalue weighted by molar-refractivity contribution is 6.20. The molecule has 0 saturated carbocycles. The third-order valence-corrected chi connectivity index (χ3v) is 3.23. The first-order valence-corrected chi connectivity index (χ1v) is 7.21. The average molecular weight is 402 g/mol. The number of para-hydroxylation sites is 2. The summed E-state index contributed by atoms with van der Waals surface area (Å²) in [5.74, 6) is -1.96. The first-order valence-electron chi connectivity index (χ1n) is 6.78. The van der Waals surface area contributed by atoms with E-state index >= 15 is 0 Å². The van der Waals surface area contributed by atoms with Crippen molar-refractivity contribution in [3.63, 3.8) is 0 Å².